The van der Waals surface area contributed by atoms with Crippen LogP contribution in [0.3, 0.4) is 0 Å². The van der Waals surface area contributed by atoms with Crippen LogP contribution in [0.5, 0.6) is 5.75 Å². The Morgan fingerprint density at radius 3 is 2.59 bits per heavy atom. The van der Waals surface area contributed by atoms with Crippen LogP contribution in [-0.2, 0) is 10.2 Å². The summed E-state index contributed by atoms with van der Waals surface area (Å²) in [5, 5.41) is 2.88. The van der Waals surface area contributed by atoms with Gasteiger partial charge in [0.15, 0.2) is 0 Å². The zero-order valence-corrected chi connectivity index (χ0v) is 13.3. The van der Waals surface area contributed by atoms with E-state index in [2.05, 4.69) is 31.1 Å². The minimum Gasteiger partial charge on any atom is -0.493 e. The van der Waals surface area contributed by atoms with Crippen LogP contribution < -0.4 is 10.1 Å². The number of rotatable bonds is 5. The topological polar surface area (TPSA) is 51.2 Å². The molecule has 1 amide bonds. The van der Waals surface area contributed by atoms with Crippen molar-refractivity contribution >= 4 is 11.6 Å². The monoisotopic (exact) mass is 298 g/mol. The first-order valence-electron chi connectivity index (χ1n) is 7.39. The molecule has 0 spiro atoms. The molecule has 0 saturated carbocycles. The van der Waals surface area contributed by atoms with Crippen molar-refractivity contribution in [2.45, 2.75) is 32.6 Å². The van der Waals surface area contributed by atoms with E-state index < -0.39 is 0 Å². The summed E-state index contributed by atoms with van der Waals surface area (Å²) < 4.78 is 5.52. The fourth-order valence-corrected chi connectivity index (χ4v) is 1.92. The number of anilines is 1. The number of amides is 1. The highest BCUT2D eigenvalue weighted by molar-refractivity contribution is 5.90. The molecule has 1 aromatic heterocycles. The molecule has 0 atom stereocenters. The quantitative estimate of drug-likeness (QED) is 0.913. The van der Waals surface area contributed by atoms with Crippen LogP contribution in [0.1, 0.15) is 32.9 Å². The molecule has 4 nitrogen and oxygen atoms in total. The van der Waals surface area contributed by atoms with Crippen molar-refractivity contribution in [3.63, 3.8) is 0 Å². The van der Waals surface area contributed by atoms with E-state index in [0.29, 0.717) is 13.0 Å². The number of hydrogen-bond acceptors (Lipinski definition) is 3. The molecule has 2 rings (SSSR count). The van der Waals surface area contributed by atoms with Gasteiger partial charge in [-0.2, -0.15) is 0 Å². The third-order valence-corrected chi connectivity index (χ3v) is 3.15. The van der Waals surface area contributed by atoms with E-state index in [4.69, 9.17) is 4.74 Å². The van der Waals surface area contributed by atoms with E-state index >= 15 is 0 Å². The van der Waals surface area contributed by atoms with Crippen molar-refractivity contribution in [3.05, 3.63) is 54.4 Å². The molecule has 22 heavy (non-hydrogen) atoms. The molecule has 0 aliphatic carbocycles. The van der Waals surface area contributed by atoms with Crippen LogP contribution in [-0.4, -0.2) is 17.5 Å². The summed E-state index contributed by atoms with van der Waals surface area (Å²) in [5.41, 5.74) is 1.67. The molecule has 0 bridgehead atoms. The fourth-order valence-electron chi connectivity index (χ4n) is 1.92. The van der Waals surface area contributed by atoms with Gasteiger partial charge in [0, 0.05) is 23.0 Å². The standard InChI is InChI=1S/C18H22N2O2/c1-18(2,3)16-13-14(9-11-19-16)20-17(21)10-12-22-15-7-5-4-6-8-15/h4-9,11,13H,10,12H2,1-3H3,(H,19,20,21). The number of nitrogens with zero attached hydrogens (tertiary/aromatic N) is 1. The van der Waals surface area contributed by atoms with Gasteiger partial charge in [-0.1, -0.05) is 39.0 Å². The van der Waals surface area contributed by atoms with Crippen molar-refractivity contribution in [2.24, 2.45) is 0 Å². The number of hydrogen-bond donors (Lipinski definition) is 1. The smallest absolute Gasteiger partial charge is 0.227 e. The van der Waals surface area contributed by atoms with Gasteiger partial charge in [-0.25, -0.2) is 0 Å². The zero-order valence-electron chi connectivity index (χ0n) is 13.3. The number of aromatic nitrogens is 1. The van der Waals surface area contributed by atoms with Gasteiger partial charge in [0.1, 0.15) is 5.75 Å². The second-order valence-electron chi connectivity index (χ2n) is 6.14. The number of carbonyl (C=O) groups is 1. The van der Waals surface area contributed by atoms with Gasteiger partial charge in [-0.05, 0) is 24.3 Å². The van der Waals surface area contributed by atoms with Gasteiger partial charge in [0.05, 0.1) is 13.0 Å². The van der Waals surface area contributed by atoms with E-state index in [1.165, 1.54) is 0 Å². The van der Waals surface area contributed by atoms with Gasteiger partial charge < -0.3 is 10.1 Å². The van der Waals surface area contributed by atoms with Crippen LogP contribution in [0.15, 0.2) is 48.7 Å². The van der Waals surface area contributed by atoms with Gasteiger partial charge in [-0.3, -0.25) is 9.78 Å². The van der Waals surface area contributed by atoms with Gasteiger partial charge in [-0.15, -0.1) is 0 Å². The average molecular weight is 298 g/mol. The van der Waals surface area contributed by atoms with Gasteiger partial charge in [0.2, 0.25) is 5.91 Å². The molecule has 0 unspecified atom stereocenters. The molecule has 0 aliphatic heterocycles. The third kappa shape index (κ3) is 4.88. The predicted octanol–water partition coefficient (Wildman–Crippen LogP) is 3.79. The highest BCUT2D eigenvalue weighted by Gasteiger charge is 2.15. The Hall–Kier alpha value is -2.36. The Bertz CT molecular complexity index is 618. The summed E-state index contributed by atoms with van der Waals surface area (Å²) >= 11 is 0. The van der Waals surface area contributed by atoms with E-state index in [0.717, 1.165) is 17.1 Å². The minimum absolute atomic E-state index is 0.0445. The van der Waals surface area contributed by atoms with Crippen LogP contribution in [0.25, 0.3) is 0 Å². The minimum atomic E-state index is -0.0676. The van der Waals surface area contributed by atoms with Crippen LogP contribution in [0, 0.1) is 0 Å². The van der Waals surface area contributed by atoms with E-state index in [1.807, 2.05) is 36.4 Å². The SMILES string of the molecule is CC(C)(C)c1cc(NC(=O)CCOc2ccccc2)ccn1. The Labute approximate surface area is 131 Å². The molecule has 2 aromatic rings. The highest BCUT2D eigenvalue weighted by Crippen LogP contribution is 2.22. The van der Waals surface area contributed by atoms with Crippen molar-refractivity contribution in [1.29, 1.82) is 0 Å². The molecular formula is C18H22N2O2. The normalized spacial score (nSPS) is 11.0. The maximum atomic E-state index is 12.0. The molecule has 1 aromatic carbocycles. The van der Waals surface area contributed by atoms with Crippen LogP contribution in [0.2, 0.25) is 0 Å². The second kappa shape index (κ2) is 7.07. The molecule has 0 aliphatic rings. The number of ether oxygens (including phenoxy) is 1. The zero-order chi connectivity index (χ0) is 16.0. The number of para-hydroxylation sites is 1. The Balaban J connectivity index is 1.84. The van der Waals surface area contributed by atoms with Crippen molar-refractivity contribution in [3.8, 4) is 5.75 Å². The summed E-state index contributed by atoms with van der Waals surface area (Å²) in [6.45, 7) is 6.63. The maximum absolute atomic E-state index is 12.0. The van der Waals surface area contributed by atoms with Crippen LogP contribution in [0.4, 0.5) is 5.69 Å². The summed E-state index contributed by atoms with van der Waals surface area (Å²) in [4.78, 5) is 16.3. The van der Waals surface area contributed by atoms with Crippen LogP contribution >= 0.6 is 0 Å². The summed E-state index contributed by atoms with van der Waals surface area (Å²) in [6, 6.07) is 13.2. The van der Waals surface area contributed by atoms with E-state index in [9.17, 15) is 4.79 Å². The number of carbonyl (C=O) groups excluding carboxylic acids is 1. The molecule has 0 saturated heterocycles. The molecular weight excluding hydrogens is 276 g/mol. The van der Waals surface area contributed by atoms with Gasteiger partial charge >= 0.3 is 0 Å². The molecule has 0 radical (unpaired) electrons. The molecule has 116 valence electrons. The first-order chi connectivity index (χ1) is 10.4. The lowest BCUT2D eigenvalue weighted by Gasteiger charge is -2.18. The predicted molar refractivity (Wildman–Crippen MR) is 88.1 cm³/mol. The first-order valence-corrected chi connectivity index (χ1v) is 7.39. The van der Waals surface area contributed by atoms with Crippen molar-refractivity contribution in [1.82, 2.24) is 4.98 Å². The maximum Gasteiger partial charge on any atom is 0.227 e. The van der Waals surface area contributed by atoms with E-state index in [1.54, 1.807) is 12.3 Å². The molecule has 1 N–H and O–H groups in total. The Morgan fingerprint density at radius 2 is 1.91 bits per heavy atom. The van der Waals surface area contributed by atoms with Crippen molar-refractivity contribution < 1.29 is 9.53 Å². The third-order valence-electron chi connectivity index (χ3n) is 3.15. The lowest BCUT2D eigenvalue weighted by atomic mass is 9.91. The molecule has 4 heteroatoms. The number of benzene rings is 1. The highest BCUT2D eigenvalue weighted by atomic mass is 16.5. The first kappa shape index (κ1) is 16.0. The fraction of sp³-hybridized carbons (Fsp3) is 0.333. The second-order valence-corrected chi connectivity index (χ2v) is 6.14. The number of nitrogens with one attached hydrogen (secondary N) is 1. The molecule has 1 heterocycles. The van der Waals surface area contributed by atoms with Crippen molar-refractivity contribution in [2.75, 3.05) is 11.9 Å². The summed E-state index contributed by atoms with van der Waals surface area (Å²) in [6.07, 6.45) is 2.03. The van der Waals surface area contributed by atoms with E-state index in [-0.39, 0.29) is 11.3 Å². The summed E-state index contributed by atoms with van der Waals surface area (Å²) in [5.74, 6) is 0.705. The Morgan fingerprint density at radius 1 is 1.18 bits per heavy atom. The largest absolute Gasteiger partial charge is 0.493 e. The lowest BCUT2D eigenvalue weighted by molar-refractivity contribution is -0.116. The lowest BCUT2D eigenvalue weighted by Crippen LogP contribution is -2.17. The average Bonchev–Trinajstić information content (AvgIpc) is 2.48. The van der Waals surface area contributed by atoms with Gasteiger partial charge in [0.25, 0.3) is 0 Å². The summed E-state index contributed by atoms with van der Waals surface area (Å²) in [7, 11) is 0. The molecule has 0 fully saturated rings. The number of pyridine rings is 1. The Kier molecular flexibility index (Phi) is 5.15.